The molecule has 0 aliphatic heterocycles. The molecule has 1 fully saturated rings. The van der Waals surface area contributed by atoms with Gasteiger partial charge in [-0.05, 0) is 37.5 Å². The molecule has 24 heavy (non-hydrogen) atoms. The van der Waals surface area contributed by atoms with Gasteiger partial charge in [0.25, 0.3) is 0 Å². The van der Waals surface area contributed by atoms with Gasteiger partial charge < -0.3 is 16.2 Å². The van der Waals surface area contributed by atoms with Crippen LogP contribution in [0.4, 0.5) is 15.9 Å². The van der Waals surface area contributed by atoms with E-state index in [1.807, 2.05) is 24.3 Å². The highest BCUT2D eigenvalue weighted by Gasteiger charge is 2.25. The smallest absolute Gasteiger partial charge is 0.188 e. The third kappa shape index (κ3) is 2.56. The molecule has 0 bridgehead atoms. The molecule has 0 unspecified atom stereocenters. The largest absolute Gasteiger partial charge is 0.393 e. The van der Waals surface area contributed by atoms with Crippen molar-refractivity contribution in [1.29, 1.82) is 0 Å². The van der Waals surface area contributed by atoms with Crippen LogP contribution in [0.2, 0.25) is 0 Å². The number of hydrogen-bond acceptors (Lipinski definition) is 5. The number of benzene rings is 1. The molecule has 1 saturated carbocycles. The van der Waals surface area contributed by atoms with E-state index in [-0.39, 0.29) is 18.0 Å². The Labute approximate surface area is 137 Å². The van der Waals surface area contributed by atoms with Crippen molar-refractivity contribution in [3.8, 4) is 11.3 Å². The minimum absolute atomic E-state index is 0.0329. The van der Waals surface area contributed by atoms with Crippen molar-refractivity contribution in [1.82, 2.24) is 15.2 Å². The molecule has 1 aliphatic carbocycles. The monoisotopic (exact) mass is 327 g/mol. The highest BCUT2D eigenvalue weighted by molar-refractivity contribution is 5.95. The standard InChI is InChI=1S/C17H18FN5O/c18-15-16(21-10-2-3-11(24)8-10)12-4-1-9(13-5-6-20-23-13)7-14(12)22-17(15)19/h1,4-7,10-11,24H,2-3,8H2,(H,20,23)(H3,19,21,22)/t10-,11-/m0/s1. The number of nitrogens with two attached hydrogens (primary N) is 1. The summed E-state index contributed by atoms with van der Waals surface area (Å²) < 4.78 is 14.5. The zero-order valence-electron chi connectivity index (χ0n) is 13.0. The summed E-state index contributed by atoms with van der Waals surface area (Å²) in [7, 11) is 0. The van der Waals surface area contributed by atoms with E-state index in [1.165, 1.54) is 0 Å². The minimum Gasteiger partial charge on any atom is -0.393 e. The number of H-pyrrole nitrogens is 1. The molecule has 2 heterocycles. The van der Waals surface area contributed by atoms with Crippen LogP contribution in [-0.2, 0) is 0 Å². The third-order valence-electron chi connectivity index (χ3n) is 4.50. The van der Waals surface area contributed by atoms with Crippen LogP contribution >= 0.6 is 0 Å². The molecule has 4 rings (SSSR count). The van der Waals surface area contributed by atoms with Gasteiger partial charge in [-0.3, -0.25) is 5.10 Å². The normalized spacial score (nSPS) is 20.6. The molecule has 0 radical (unpaired) electrons. The van der Waals surface area contributed by atoms with Gasteiger partial charge >= 0.3 is 0 Å². The Kier molecular flexibility index (Phi) is 3.57. The van der Waals surface area contributed by atoms with Gasteiger partial charge in [-0.25, -0.2) is 9.37 Å². The first-order chi connectivity index (χ1) is 11.6. The van der Waals surface area contributed by atoms with E-state index in [0.29, 0.717) is 23.0 Å². The van der Waals surface area contributed by atoms with Crippen LogP contribution in [0.5, 0.6) is 0 Å². The van der Waals surface area contributed by atoms with E-state index in [2.05, 4.69) is 20.5 Å². The molecule has 124 valence electrons. The van der Waals surface area contributed by atoms with E-state index in [0.717, 1.165) is 24.1 Å². The quantitative estimate of drug-likeness (QED) is 0.593. The molecule has 2 aromatic heterocycles. The maximum Gasteiger partial charge on any atom is 0.188 e. The van der Waals surface area contributed by atoms with E-state index < -0.39 is 5.82 Å². The van der Waals surface area contributed by atoms with Crippen molar-refractivity contribution < 1.29 is 9.50 Å². The second-order valence-corrected chi connectivity index (χ2v) is 6.19. The lowest BCUT2D eigenvalue weighted by molar-refractivity contribution is 0.182. The van der Waals surface area contributed by atoms with E-state index in [4.69, 9.17) is 5.73 Å². The summed E-state index contributed by atoms with van der Waals surface area (Å²) in [5.74, 6) is -0.681. The Morgan fingerprint density at radius 2 is 2.17 bits per heavy atom. The summed E-state index contributed by atoms with van der Waals surface area (Å²) in [6, 6.07) is 7.43. The Balaban J connectivity index is 1.78. The van der Waals surface area contributed by atoms with Gasteiger partial charge in [0.2, 0.25) is 0 Å². The lowest BCUT2D eigenvalue weighted by Gasteiger charge is -2.17. The molecular formula is C17H18FN5O. The predicted octanol–water partition coefficient (Wildman–Crippen LogP) is 2.67. The van der Waals surface area contributed by atoms with E-state index in [9.17, 15) is 9.50 Å². The first-order valence-corrected chi connectivity index (χ1v) is 7.95. The van der Waals surface area contributed by atoms with Crippen LogP contribution in [0.3, 0.4) is 0 Å². The summed E-state index contributed by atoms with van der Waals surface area (Å²) in [6.07, 6.45) is 3.54. The second-order valence-electron chi connectivity index (χ2n) is 6.19. The topological polar surface area (TPSA) is 99.9 Å². The molecule has 7 heteroatoms. The van der Waals surface area contributed by atoms with Gasteiger partial charge in [-0.1, -0.05) is 6.07 Å². The molecule has 2 atom stereocenters. The zero-order chi connectivity index (χ0) is 16.7. The summed E-state index contributed by atoms with van der Waals surface area (Å²) in [5.41, 5.74) is 8.38. The summed E-state index contributed by atoms with van der Waals surface area (Å²) in [6.45, 7) is 0. The Hall–Kier alpha value is -2.67. The molecule has 0 amide bonds. The van der Waals surface area contributed by atoms with Crippen LogP contribution in [0.1, 0.15) is 19.3 Å². The van der Waals surface area contributed by atoms with Crippen molar-refractivity contribution in [3.05, 3.63) is 36.3 Å². The van der Waals surface area contributed by atoms with Gasteiger partial charge in [-0.15, -0.1) is 0 Å². The first-order valence-electron chi connectivity index (χ1n) is 7.95. The number of nitrogens with one attached hydrogen (secondary N) is 2. The molecule has 3 aromatic rings. The number of hydrogen-bond donors (Lipinski definition) is 4. The number of pyridine rings is 1. The van der Waals surface area contributed by atoms with Gasteiger partial charge in [-0.2, -0.15) is 5.10 Å². The number of aliphatic hydroxyl groups excluding tert-OH is 1. The number of nitrogen functional groups attached to an aromatic ring is 1. The van der Waals surface area contributed by atoms with Gasteiger partial charge in [0.15, 0.2) is 11.6 Å². The fourth-order valence-corrected chi connectivity index (χ4v) is 3.28. The highest BCUT2D eigenvalue weighted by Crippen LogP contribution is 2.33. The Bertz CT molecular complexity index is 880. The van der Waals surface area contributed by atoms with Crippen molar-refractivity contribution in [3.63, 3.8) is 0 Å². The summed E-state index contributed by atoms with van der Waals surface area (Å²) in [5, 5.41) is 20.5. The SMILES string of the molecule is Nc1nc2cc(-c3cc[nH]n3)ccc2c(N[C@H]2CC[C@H](O)C2)c1F. The van der Waals surface area contributed by atoms with Crippen LogP contribution in [0, 0.1) is 5.82 Å². The fourth-order valence-electron chi connectivity index (χ4n) is 3.28. The van der Waals surface area contributed by atoms with Gasteiger partial charge in [0, 0.05) is 23.2 Å². The second kappa shape index (κ2) is 5.76. The highest BCUT2D eigenvalue weighted by atomic mass is 19.1. The number of aromatic nitrogens is 3. The number of aromatic amines is 1. The maximum atomic E-state index is 14.5. The lowest BCUT2D eigenvalue weighted by atomic mass is 10.1. The molecule has 6 nitrogen and oxygen atoms in total. The Morgan fingerprint density at radius 1 is 1.29 bits per heavy atom. The number of anilines is 2. The van der Waals surface area contributed by atoms with Crippen LogP contribution in [0.15, 0.2) is 30.5 Å². The van der Waals surface area contributed by atoms with Crippen LogP contribution in [0.25, 0.3) is 22.2 Å². The fraction of sp³-hybridized carbons (Fsp3) is 0.294. The van der Waals surface area contributed by atoms with Gasteiger partial charge in [0.05, 0.1) is 23.0 Å². The van der Waals surface area contributed by atoms with E-state index in [1.54, 1.807) is 6.20 Å². The number of nitrogens with zero attached hydrogens (tertiary/aromatic N) is 2. The number of rotatable bonds is 3. The first kappa shape index (κ1) is 14.9. The molecule has 0 saturated heterocycles. The maximum absolute atomic E-state index is 14.5. The summed E-state index contributed by atoms with van der Waals surface area (Å²) >= 11 is 0. The molecule has 0 spiro atoms. The Morgan fingerprint density at radius 3 is 2.88 bits per heavy atom. The minimum atomic E-state index is -0.545. The number of fused-ring (bicyclic) bond motifs is 1. The molecule has 1 aromatic carbocycles. The van der Waals surface area contributed by atoms with E-state index >= 15 is 0 Å². The van der Waals surface area contributed by atoms with Crippen LogP contribution in [-0.4, -0.2) is 32.4 Å². The third-order valence-corrected chi connectivity index (χ3v) is 4.50. The van der Waals surface area contributed by atoms with Crippen LogP contribution < -0.4 is 11.1 Å². The predicted molar refractivity (Wildman–Crippen MR) is 91.0 cm³/mol. The lowest BCUT2D eigenvalue weighted by Crippen LogP contribution is -2.18. The molecule has 5 N–H and O–H groups in total. The van der Waals surface area contributed by atoms with Crippen molar-refractivity contribution in [2.24, 2.45) is 0 Å². The van der Waals surface area contributed by atoms with Gasteiger partial charge in [0.1, 0.15) is 0 Å². The molecular weight excluding hydrogens is 309 g/mol. The number of aliphatic hydroxyl groups is 1. The number of halogens is 1. The average Bonchev–Trinajstić information content (AvgIpc) is 3.23. The summed E-state index contributed by atoms with van der Waals surface area (Å²) in [4.78, 5) is 4.17. The zero-order valence-corrected chi connectivity index (χ0v) is 13.0. The van der Waals surface area contributed by atoms with Crippen molar-refractivity contribution in [2.45, 2.75) is 31.4 Å². The average molecular weight is 327 g/mol. The van der Waals surface area contributed by atoms with Crippen molar-refractivity contribution in [2.75, 3.05) is 11.1 Å². The van der Waals surface area contributed by atoms with Crippen molar-refractivity contribution >= 4 is 22.4 Å². The molecule has 1 aliphatic rings.